The third-order valence-corrected chi connectivity index (χ3v) is 5.02. The molecule has 0 aromatic heterocycles. The molecule has 1 saturated heterocycles. The van der Waals surface area contributed by atoms with E-state index in [-0.39, 0.29) is 17.1 Å². The van der Waals surface area contributed by atoms with Gasteiger partial charge in [0.25, 0.3) is 5.91 Å². The summed E-state index contributed by atoms with van der Waals surface area (Å²) in [6.07, 6.45) is 0. The maximum atomic E-state index is 14.2. The van der Waals surface area contributed by atoms with Gasteiger partial charge in [0.15, 0.2) is 11.5 Å². The number of hydrogen-bond donors (Lipinski definition) is 1. The lowest BCUT2D eigenvalue weighted by molar-refractivity contribution is -0.131. The summed E-state index contributed by atoms with van der Waals surface area (Å²) >= 11 is 6.20. The Balaban J connectivity index is 1.65. The second-order valence-electron chi connectivity index (χ2n) is 6.67. The van der Waals surface area contributed by atoms with Crippen molar-refractivity contribution in [2.45, 2.75) is 19.0 Å². The van der Waals surface area contributed by atoms with E-state index in [0.717, 1.165) is 23.1 Å². The highest BCUT2D eigenvalue weighted by atomic mass is 35.5. The smallest absolute Gasteiger partial charge is 0.325 e. The highest BCUT2D eigenvalue weighted by Gasteiger charge is 2.50. The molecule has 2 aromatic carbocycles. The van der Waals surface area contributed by atoms with Gasteiger partial charge in [0, 0.05) is 5.56 Å². The largest absolute Gasteiger partial charge is 0.486 e. The monoisotopic (exact) mass is 408 g/mol. The summed E-state index contributed by atoms with van der Waals surface area (Å²) < 4.78 is 38.8. The van der Waals surface area contributed by atoms with Crippen molar-refractivity contribution in [2.75, 3.05) is 13.2 Å². The predicted molar refractivity (Wildman–Crippen MR) is 95.2 cm³/mol. The fraction of sp³-hybridized carbons (Fsp3) is 0.263. The normalized spacial score (nSPS) is 21.1. The molecule has 28 heavy (non-hydrogen) atoms. The van der Waals surface area contributed by atoms with Crippen LogP contribution in [0.4, 0.5) is 13.6 Å². The SMILES string of the molecule is C[C@]1(c2cc(F)ccc2F)NC(=O)N(Cc2cc(Cl)c3c(c2)OCCO3)C1=O. The zero-order chi connectivity index (χ0) is 20.1. The fourth-order valence-corrected chi connectivity index (χ4v) is 3.63. The molecular weight excluding hydrogens is 394 g/mol. The topological polar surface area (TPSA) is 67.9 Å². The summed E-state index contributed by atoms with van der Waals surface area (Å²) in [7, 11) is 0. The second kappa shape index (κ2) is 6.63. The van der Waals surface area contributed by atoms with Gasteiger partial charge in [-0.1, -0.05) is 11.6 Å². The Kier molecular flexibility index (Phi) is 4.38. The zero-order valence-electron chi connectivity index (χ0n) is 14.7. The summed E-state index contributed by atoms with van der Waals surface area (Å²) in [6.45, 7) is 1.94. The lowest BCUT2D eigenvalue weighted by Gasteiger charge is -2.23. The van der Waals surface area contributed by atoms with E-state index in [0.29, 0.717) is 30.3 Å². The van der Waals surface area contributed by atoms with Crippen LogP contribution in [0.3, 0.4) is 0 Å². The molecular formula is C19H15ClF2N2O4. The van der Waals surface area contributed by atoms with Gasteiger partial charge in [0.2, 0.25) is 0 Å². The maximum Gasteiger partial charge on any atom is 0.325 e. The number of hydrogen-bond acceptors (Lipinski definition) is 4. The molecule has 0 unspecified atom stereocenters. The van der Waals surface area contributed by atoms with Gasteiger partial charge in [-0.25, -0.2) is 13.6 Å². The van der Waals surface area contributed by atoms with Crippen molar-refractivity contribution in [1.29, 1.82) is 0 Å². The summed E-state index contributed by atoms with van der Waals surface area (Å²) in [5.41, 5.74) is -1.43. The lowest BCUT2D eigenvalue weighted by atomic mass is 9.91. The van der Waals surface area contributed by atoms with E-state index in [2.05, 4.69) is 5.32 Å². The quantitative estimate of drug-likeness (QED) is 0.791. The molecule has 2 aromatic rings. The molecule has 9 heteroatoms. The van der Waals surface area contributed by atoms with E-state index in [1.165, 1.54) is 6.92 Å². The van der Waals surface area contributed by atoms with E-state index in [4.69, 9.17) is 21.1 Å². The van der Waals surface area contributed by atoms with Gasteiger partial charge >= 0.3 is 6.03 Å². The van der Waals surface area contributed by atoms with Crippen LogP contribution < -0.4 is 14.8 Å². The van der Waals surface area contributed by atoms with Crippen molar-refractivity contribution >= 4 is 23.5 Å². The molecule has 0 bridgehead atoms. The van der Waals surface area contributed by atoms with Crippen LogP contribution >= 0.6 is 11.6 Å². The molecule has 2 heterocycles. The predicted octanol–water partition coefficient (Wildman–Crippen LogP) is 3.36. The molecule has 0 radical (unpaired) electrons. The minimum atomic E-state index is -1.72. The van der Waals surface area contributed by atoms with Crippen LogP contribution in [0, 0.1) is 11.6 Å². The first-order valence-corrected chi connectivity index (χ1v) is 8.85. The minimum absolute atomic E-state index is 0.118. The standard InChI is InChI=1S/C19H15ClF2N2O4/c1-19(12-8-11(21)2-3-14(12)22)17(25)24(18(26)23-19)9-10-6-13(20)16-15(7-10)27-4-5-28-16/h2-3,6-8H,4-5,9H2,1H3,(H,23,26)/t19-/m1/s1. The number of urea groups is 1. The number of halogens is 3. The second-order valence-corrected chi connectivity index (χ2v) is 7.08. The molecule has 0 spiro atoms. The summed E-state index contributed by atoms with van der Waals surface area (Å²) in [4.78, 5) is 26.3. The number of amides is 3. The molecule has 1 fully saturated rings. The Hall–Kier alpha value is -2.87. The van der Waals surface area contributed by atoms with E-state index in [9.17, 15) is 18.4 Å². The Morgan fingerprint density at radius 3 is 2.71 bits per heavy atom. The summed E-state index contributed by atoms with van der Waals surface area (Å²) in [5, 5.41) is 2.74. The van der Waals surface area contributed by atoms with Crippen molar-refractivity contribution in [2.24, 2.45) is 0 Å². The number of rotatable bonds is 3. The highest BCUT2D eigenvalue weighted by molar-refractivity contribution is 6.32. The number of carbonyl (C=O) groups excluding carboxylic acids is 2. The summed E-state index contributed by atoms with van der Waals surface area (Å²) in [6, 6.07) is 5.23. The number of carbonyl (C=O) groups is 2. The molecule has 1 atom stereocenters. The third-order valence-electron chi connectivity index (χ3n) is 4.74. The molecule has 1 N–H and O–H groups in total. The summed E-state index contributed by atoms with van der Waals surface area (Å²) in [5.74, 6) is -1.38. The van der Waals surface area contributed by atoms with Crippen molar-refractivity contribution in [3.63, 3.8) is 0 Å². The van der Waals surface area contributed by atoms with Gasteiger partial charge in [-0.05, 0) is 42.8 Å². The molecule has 2 aliphatic rings. The first-order valence-electron chi connectivity index (χ1n) is 8.47. The van der Waals surface area contributed by atoms with Crippen molar-refractivity contribution in [1.82, 2.24) is 10.2 Å². The van der Waals surface area contributed by atoms with Crippen LogP contribution in [0.25, 0.3) is 0 Å². The Labute approximate surface area is 164 Å². The number of nitrogens with one attached hydrogen (secondary N) is 1. The number of ether oxygens (including phenoxy) is 2. The average molecular weight is 409 g/mol. The molecule has 3 amide bonds. The first kappa shape index (κ1) is 18.5. The zero-order valence-corrected chi connectivity index (χ0v) is 15.5. The van der Waals surface area contributed by atoms with Gasteiger partial charge in [-0.15, -0.1) is 0 Å². The Bertz CT molecular complexity index is 1000. The molecule has 4 rings (SSSR count). The van der Waals surface area contributed by atoms with Crippen LogP contribution in [-0.2, 0) is 16.9 Å². The van der Waals surface area contributed by atoms with E-state index in [1.54, 1.807) is 12.1 Å². The van der Waals surface area contributed by atoms with E-state index < -0.39 is 29.1 Å². The number of benzene rings is 2. The number of fused-ring (bicyclic) bond motifs is 1. The van der Waals surface area contributed by atoms with Crippen molar-refractivity contribution in [3.8, 4) is 11.5 Å². The van der Waals surface area contributed by atoms with Crippen LogP contribution in [0.1, 0.15) is 18.1 Å². The van der Waals surface area contributed by atoms with Crippen LogP contribution in [0.5, 0.6) is 11.5 Å². The van der Waals surface area contributed by atoms with Crippen molar-refractivity contribution < 1.29 is 27.8 Å². The van der Waals surface area contributed by atoms with Gasteiger partial charge in [0.05, 0.1) is 11.6 Å². The number of imide groups is 1. The molecule has 6 nitrogen and oxygen atoms in total. The molecule has 0 aliphatic carbocycles. The van der Waals surface area contributed by atoms with Gasteiger partial charge in [-0.3, -0.25) is 9.69 Å². The first-order chi connectivity index (χ1) is 13.3. The molecule has 2 aliphatic heterocycles. The van der Waals surface area contributed by atoms with E-state index >= 15 is 0 Å². The number of nitrogens with zero attached hydrogens (tertiary/aromatic N) is 1. The van der Waals surface area contributed by atoms with Crippen molar-refractivity contribution in [3.05, 3.63) is 58.1 Å². The fourth-order valence-electron chi connectivity index (χ4n) is 3.34. The average Bonchev–Trinajstić information content (AvgIpc) is 2.88. The molecule has 0 saturated carbocycles. The minimum Gasteiger partial charge on any atom is -0.486 e. The Morgan fingerprint density at radius 1 is 1.18 bits per heavy atom. The molecule has 146 valence electrons. The van der Waals surface area contributed by atoms with Crippen LogP contribution in [0.15, 0.2) is 30.3 Å². The van der Waals surface area contributed by atoms with Crippen LogP contribution in [-0.4, -0.2) is 30.1 Å². The third kappa shape index (κ3) is 2.93. The maximum absolute atomic E-state index is 14.2. The van der Waals surface area contributed by atoms with E-state index in [1.807, 2.05) is 0 Å². The van der Waals surface area contributed by atoms with Gasteiger partial charge in [0.1, 0.15) is 30.4 Å². The van der Waals surface area contributed by atoms with Gasteiger partial charge in [-0.2, -0.15) is 0 Å². The van der Waals surface area contributed by atoms with Gasteiger partial charge < -0.3 is 14.8 Å². The lowest BCUT2D eigenvalue weighted by Crippen LogP contribution is -2.41. The highest BCUT2D eigenvalue weighted by Crippen LogP contribution is 2.39. The van der Waals surface area contributed by atoms with Crippen LogP contribution in [0.2, 0.25) is 5.02 Å². The Morgan fingerprint density at radius 2 is 1.93 bits per heavy atom.